The lowest BCUT2D eigenvalue weighted by Crippen LogP contribution is -2.11. The molecule has 5 aromatic carbocycles. The minimum atomic E-state index is 0.318. The maximum Gasteiger partial charge on any atom is 0.164 e. The van der Waals surface area contributed by atoms with Crippen molar-refractivity contribution in [1.82, 2.24) is 9.97 Å². The standard InChI is InChI=1S/C47H42N2O/c1-3-5-15-32(4-2)38-29-28-37(30-42(38)34-16-8-6-9-17-34)33-24-26-36(27-25-33)44-31-43(35-18-10-7-11-19-35)48-47(49-44)41-22-14-21-40-39-20-12-13-23-45(39)50-46(40)41/h6-14,16-29,31-32,37H,3-5,15,30H2,1-2H3. The van der Waals surface area contributed by atoms with Gasteiger partial charge in [0, 0.05) is 27.8 Å². The first-order chi connectivity index (χ1) is 24.7. The average Bonchev–Trinajstić information content (AvgIpc) is 3.58. The number of unbranched alkanes of at least 4 members (excludes halogenated alkanes) is 1. The fraction of sp³-hybridized carbons (Fsp3) is 0.191. The first-order valence-electron chi connectivity index (χ1n) is 18.1. The summed E-state index contributed by atoms with van der Waals surface area (Å²) >= 11 is 0. The van der Waals surface area contributed by atoms with Gasteiger partial charge in [0.25, 0.3) is 0 Å². The van der Waals surface area contributed by atoms with Gasteiger partial charge >= 0.3 is 0 Å². The number of aromatic nitrogens is 2. The van der Waals surface area contributed by atoms with E-state index in [4.69, 9.17) is 14.4 Å². The first-order valence-corrected chi connectivity index (χ1v) is 18.1. The van der Waals surface area contributed by atoms with E-state index in [-0.39, 0.29) is 0 Å². The Kier molecular flexibility index (Phi) is 8.96. The van der Waals surface area contributed by atoms with Crippen molar-refractivity contribution in [2.75, 3.05) is 0 Å². The largest absolute Gasteiger partial charge is 0.455 e. The van der Waals surface area contributed by atoms with Crippen molar-refractivity contribution in [2.24, 2.45) is 5.92 Å². The van der Waals surface area contributed by atoms with Crippen LogP contribution in [0.25, 0.3) is 61.4 Å². The van der Waals surface area contributed by atoms with E-state index < -0.39 is 0 Å². The molecule has 0 saturated carbocycles. The van der Waals surface area contributed by atoms with Crippen LogP contribution in [0.3, 0.4) is 0 Å². The van der Waals surface area contributed by atoms with Gasteiger partial charge in [0.05, 0.1) is 17.0 Å². The van der Waals surface area contributed by atoms with Crippen LogP contribution >= 0.6 is 0 Å². The van der Waals surface area contributed by atoms with Crippen LogP contribution in [0.4, 0.5) is 0 Å². The number of benzene rings is 5. The topological polar surface area (TPSA) is 38.9 Å². The molecule has 3 heteroatoms. The third-order valence-corrected chi connectivity index (χ3v) is 10.3. The van der Waals surface area contributed by atoms with Gasteiger partial charge in [-0.3, -0.25) is 0 Å². The van der Waals surface area contributed by atoms with E-state index >= 15 is 0 Å². The Balaban J connectivity index is 1.16. The van der Waals surface area contributed by atoms with Crippen LogP contribution in [0, 0.1) is 5.92 Å². The highest BCUT2D eigenvalue weighted by Crippen LogP contribution is 2.42. The van der Waals surface area contributed by atoms with Gasteiger partial charge in [0.15, 0.2) is 5.82 Å². The summed E-state index contributed by atoms with van der Waals surface area (Å²) in [5.41, 5.74) is 12.2. The molecule has 0 radical (unpaired) electrons. The van der Waals surface area contributed by atoms with Crippen LogP contribution in [-0.2, 0) is 0 Å². The van der Waals surface area contributed by atoms with E-state index in [0.717, 1.165) is 56.4 Å². The van der Waals surface area contributed by atoms with E-state index in [0.29, 0.717) is 17.7 Å². The molecule has 0 bridgehead atoms. The molecule has 1 aliphatic carbocycles. The van der Waals surface area contributed by atoms with E-state index in [9.17, 15) is 0 Å². The van der Waals surface area contributed by atoms with Crippen LogP contribution in [-0.4, -0.2) is 9.97 Å². The van der Waals surface area contributed by atoms with Crippen LogP contribution < -0.4 is 0 Å². The molecule has 3 nitrogen and oxygen atoms in total. The molecule has 2 heterocycles. The van der Waals surface area contributed by atoms with Crippen molar-refractivity contribution >= 4 is 27.5 Å². The molecular weight excluding hydrogens is 609 g/mol. The van der Waals surface area contributed by atoms with Gasteiger partial charge in [-0.2, -0.15) is 0 Å². The summed E-state index contributed by atoms with van der Waals surface area (Å²) < 4.78 is 6.41. The first kappa shape index (κ1) is 31.7. The zero-order chi connectivity index (χ0) is 33.9. The predicted octanol–water partition coefficient (Wildman–Crippen LogP) is 13.1. The highest BCUT2D eigenvalue weighted by molar-refractivity contribution is 6.09. The molecular formula is C47H42N2O. The summed E-state index contributed by atoms with van der Waals surface area (Å²) in [6, 6.07) is 46.9. The van der Waals surface area contributed by atoms with Gasteiger partial charge in [-0.25, -0.2) is 9.97 Å². The molecule has 2 atom stereocenters. The molecule has 0 spiro atoms. The second kappa shape index (κ2) is 14.1. The minimum absolute atomic E-state index is 0.318. The number of fused-ring (bicyclic) bond motifs is 3. The van der Waals surface area contributed by atoms with Gasteiger partial charge in [0.1, 0.15) is 11.2 Å². The second-order valence-electron chi connectivity index (χ2n) is 13.4. The zero-order valence-corrected chi connectivity index (χ0v) is 28.8. The smallest absolute Gasteiger partial charge is 0.164 e. The molecule has 0 amide bonds. The number of allylic oxidation sites excluding steroid dienone is 4. The number of para-hydroxylation sites is 2. The van der Waals surface area contributed by atoms with Crippen LogP contribution in [0.15, 0.2) is 156 Å². The highest BCUT2D eigenvalue weighted by atomic mass is 16.3. The molecule has 2 aromatic heterocycles. The molecule has 1 aliphatic rings. The van der Waals surface area contributed by atoms with Crippen molar-refractivity contribution in [1.29, 1.82) is 0 Å². The fourth-order valence-corrected chi connectivity index (χ4v) is 7.59. The van der Waals surface area contributed by atoms with E-state index in [1.807, 2.05) is 18.2 Å². The van der Waals surface area contributed by atoms with Gasteiger partial charge in [-0.05, 0) is 65.7 Å². The van der Waals surface area contributed by atoms with Gasteiger partial charge in [-0.15, -0.1) is 0 Å². The Morgan fingerprint density at radius 3 is 2.06 bits per heavy atom. The van der Waals surface area contributed by atoms with Gasteiger partial charge in [0.2, 0.25) is 0 Å². The van der Waals surface area contributed by atoms with Crippen LogP contribution in [0.2, 0.25) is 0 Å². The lowest BCUT2D eigenvalue weighted by atomic mass is 9.77. The van der Waals surface area contributed by atoms with Crippen molar-refractivity contribution < 1.29 is 4.42 Å². The maximum atomic E-state index is 6.41. The number of hydrogen-bond acceptors (Lipinski definition) is 3. The SMILES string of the molecule is CCCCC(CC)C1=C(c2ccccc2)CC(c2ccc(-c3cc(-c4ccccc4)nc(-c4cccc5c4oc4ccccc45)n3)cc2)C=C1. The summed E-state index contributed by atoms with van der Waals surface area (Å²) in [5.74, 6) is 1.57. The van der Waals surface area contributed by atoms with Crippen LogP contribution in [0.1, 0.15) is 63.0 Å². The van der Waals surface area contributed by atoms with Crippen LogP contribution in [0.5, 0.6) is 0 Å². The lowest BCUT2D eigenvalue weighted by Gasteiger charge is -2.28. The number of rotatable bonds is 10. The Hall–Kier alpha value is -5.54. The summed E-state index contributed by atoms with van der Waals surface area (Å²) in [6.45, 7) is 4.63. The lowest BCUT2D eigenvalue weighted by molar-refractivity contribution is 0.521. The zero-order valence-electron chi connectivity index (χ0n) is 28.8. The fourth-order valence-electron chi connectivity index (χ4n) is 7.59. The van der Waals surface area contributed by atoms with E-state index in [2.05, 4.69) is 141 Å². The Morgan fingerprint density at radius 1 is 0.680 bits per heavy atom. The second-order valence-corrected chi connectivity index (χ2v) is 13.4. The number of nitrogens with zero attached hydrogens (tertiary/aromatic N) is 2. The minimum Gasteiger partial charge on any atom is -0.455 e. The van der Waals surface area contributed by atoms with Crippen molar-refractivity contribution in [2.45, 2.75) is 51.9 Å². The maximum absolute atomic E-state index is 6.41. The Labute approximate surface area is 295 Å². The molecule has 0 N–H and O–H groups in total. The Morgan fingerprint density at radius 2 is 1.34 bits per heavy atom. The molecule has 246 valence electrons. The summed E-state index contributed by atoms with van der Waals surface area (Å²) in [6.07, 6.45) is 10.8. The highest BCUT2D eigenvalue weighted by Gasteiger charge is 2.24. The third kappa shape index (κ3) is 6.20. The van der Waals surface area contributed by atoms with Crippen molar-refractivity contribution in [3.8, 4) is 33.9 Å². The quantitative estimate of drug-likeness (QED) is 0.148. The molecule has 50 heavy (non-hydrogen) atoms. The van der Waals surface area contributed by atoms with E-state index in [1.165, 1.54) is 48.0 Å². The molecule has 7 aromatic rings. The average molecular weight is 651 g/mol. The van der Waals surface area contributed by atoms with E-state index in [1.54, 1.807) is 0 Å². The molecule has 8 rings (SSSR count). The summed E-state index contributed by atoms with van der Waals surface area (Å²) in [5, 5.41) is 2.17. The summed E-state index contributed by atoms with van der Waals surface area (Å²) in [4.78, 5) is 10.3. The molecule has 2 unspecified atom stereocenters. The van der Waals surface area contributed by atoms with Gasteiger partial charge < -0.3 is 4.42 Å². The summed E-state index contributed by atoms with van der Waals surface area (Å²) in [7, 11) is 0. The normalized spacial score (nSPS) is 15.2. The van der Waals surface area contributed by atoms with Gasteiger partial charge in [-0.1, -0.05) is 154 Å². The number of furan rings is 1. The Bertz CT molecular complexity index is 2310. The van der Waals surface area contributed by atoms with Crippen molar-refractivity contribution in [3.05, 3.63) is 162 Å². The third-order valence-electron chi connectivity index (χ3n) is 10.3. The number of hydrogen-bond donors (Lipinski definition) is 0. The van der Waals surface area contributed by atoms with Crippen molar-refractivity contribution in [3.63, 3.8) is 0 Å². The monoisotopic (exact) mass is 650 g/mol. The molecule has 0 saturated heterocycles. The predicted molar refractivity (Wildman–Crippen MR) is 209 cm³/mol. The molecule has 0 fully saturated rings. The molecule has 0 aliphatic heterocycles.